The molecule has 1 aliphatic heterocycles. The lowest BCUT2D eigenvalue weighted by molar-refractivity contribution is 0.299. The first-order valence-corrected chi connectivity index (χ1v) is 9.82. The smallest absolute Gasteiger partial charge is 0.193 e. The summed E-state index contributed by atoms with van der Waals surface area (Å²) < 4.78 is 1.96. The fourth-order valence-corrected chi connectivity index (χ4v) is 4.51. The predicted molar refractivity (Wildman–Crippen MR) is 105 cm³/mol. The van der Waals surface area contributed by atoms with Gasteiger partial charge in [0.2, 0.25) is 0 Å². The molecule has 2 unspecified atom stereocenters. The van der Waals surface area contributed by atoms with Crippen molar-refractivity contribution in [3.05, 3.63) is 53.9 Å². The lowest BCUT2D eigenvalue weighted by atomic mass is 9.82. The number of rotatable bonds is 4. The fraction of sp³-hybridized carbons (Fsp3) is 0.524. The number of fused-ring (bicyclic) bond motifs is 1. The molecule has 4 rings (SSSR count). The summed E-state index contributed by atoms with van der Waals surface area (Å²) in [5.74, 6) is 2.80. The summed E-state index contributed by atoms with van der Waals surface area (Å²) in [6.07, 6.45) is 9.43. The van der Waals surface area contributed by atoms with Crippen LogP contribution in [0.1, 0.15) is 36.8 Å². The van der Waals surface area contributed by atoms with Crippen LogP contribution in [0.4, 0.5) is 0 Å². The van der Waals surface area contributed by atoms with Gasteiger partial charge in [-0.1, -0.05) is 37.1 Å². The summed E-state index contributed by atoms with van der Waals surface area (Å²) in [4.78, 5) is 7.01. The maximum atomic E-state index is 4.54. The van der Waals surface area contributed by atoms with Crippen LogP contribution in [-0.2, 0) is 13.1 Å². The third-order valence-electron chi connectivity index (χ3n) is 5.83. The Morgan fingerprint density at radius 2 is 1.92 bits per heavy atom. The number of hydrogen-bond acceptors (Lipinski definition) is 2. The van der Waals surface area contributed by atoms with E-state index in [1.54, 1.807) is 0 Å². The number of aromatic nitrogens is 2. The molecule has 2 aromatic rings. The van der Waals surface area contributed by atoms with Crippen LogP contribution in [0.5, 0.6) is 0 Å². The van der Waals surface area contributed by atoms with Crippen molar-refractivity contribution in [1.82, 2.24) is 20.0 Å². The van der Waals surface area contributed by atoms with Crippen LogP contribution in [-0.4, -0.2) is 40.8 Å². The zero-order valence-electron chi connectivity index (χ0n) is 15.6. The summed E-state index contributed by atoms with van der Waals surface area (Å²) in [6.45, 7) is 3.96. The van der Waals surface area contributed by atoms with E-state index >= 15 is 0 Å². The van der Waals surface area contributed by atoms with Crippen molar-refractivity contribution >= 4 is 5.96 Å². The quantitative estimate of drug-likeness (QED) is 0.680. The largest absolute Gasteiger partial charge is 0.352 e. The molecule has 1 saturated heterocycles. The van der Waals surface area contributed by atoms with E-state index in [4.69, 9.17) is 0 Å². The SMILES string of the molecule is CN=C(NCc1cccc(Cn2cccn2)c1)N1CC2CCCCC2C1. The van der Waals surface area contributed by atoms with Crippen LogP contribution in [0.25, 0.3) is 0 Å². The Labute approximate surface area is 156 Å². The lowest BCUT2D eigenvalue weighted by Crippen LogP contribution is -2.39. The molecule has 1 aromatic heterocycles. The second-order valence-electron chi connectivity index (χ2n) is 7.63. The molecular weight excluding hydrogens is 322 g/mol. The third-order valence-corrected chi connectivity index (χ3v) is 5.83. The van der Waals surface area contributed by atoms with E-state index in [1.165, 1.54) is 49.9 Å². The van der Waals surface area contributed by atoms with E-state index in [2.05, 4.69) is 44.6 Å². The third kappa shape index (κ3) is 3.92. The van der Waals surface area contributed by atoms with Crippen LogP contribution in [0.2, 0.25) is 0 Å². The maximum absolute atomic E-state index is 4.54. The van der Waals surface area contributed by atoms with Gasteiger partial charge in [-0.2, -0.15) is 5.10 Å². The Morgan fingerprint density at radius 3 is 2.62 bits per heavy atom. The van der Waals surface area contributed by atoms with Gasteiger partial charge < -0.3 is 10.2 Å². The minimum Gasteiger partial charge on any atom is -0.352 e. The Balaban J connectivity index is 1.35. The summed E-state index contributed by atoms with van der Waals surface area (Å²) in [5, 5.41) is 7.87. The molecular formula is C21H29N5. The normalized spacial score (nSPS) is 23.1. The second kappa shape index (κ2) is 7.94. The molecule has 26 heavy (non-hydrogen) atoms. The van der Waals surface area contributed by atoms with Crippen molar-refractivity contribution in [3.63, 3.8) is 0 Å². The van der Waals surface area contributed by atoms with Gasteiger partial charge in [-0.25, -0.2) is 0 Å². The van der Waals surface area contributed by atoms with Gasteiger partial charge in [-0.05, 0) is 41.9 Å². The first-order valence-electron chi connectivity index (χ1n) is 9.82. The highest BCUT2D eigenvalue weighted by molar-refractivity contribution is 5.80. The maximum Gasteiger partial charge on any atom is 0.193 e. The Bertz CT molecular complexity index is 723. The number of benzene rings is 1. The van der Waals surface area contributed by atoms with E-state index in [9.17, 15) is 0 Å². The average molecular weight is 351 g/mol. The molecule has 5 heteroatoms. The highest BCUT2D eigenvalue weighted by Gasteiger charge is 2.35. The number of nitrogens with one attached hydrogen (secondary N) is 1. The number of likely N-dealkylation sites (tertiary alicyclic amines) is 1. The summed E-state index contributed by atoms with van der Waals surface area (Å²) in [7, 11) is 1.90. The monoisotopic (exact) mass is 351 g/mol. The van der Waals surface area contributed by atoms with E-state index < -0.39 is 0 Å². The molecule has 1 aliphatic carbocycles. The standard InChI is InChI=1S/C21H29N5/c1-22-21(25-15-19-8-2-3-9-20(19)16-25)23-13-17-6-4-7-18(12-17)14-26-11-5-10-24-26/h4-7,10-12,19-20H,2-3,8-9,13-16H2,1H3,(H,22,23). The van der Waals surface area contributed by atoms with Crippen molar-refractivity contribution in [2.24, 2.45) is 16.8 Å². The van der Waals surface area contributed by atoms with Crippen LogP contribution in [0, 0.1) is 11.8 Å². The highest BCUT2D eigenvalue weighted by Crippen LogP contribution is 2.35. The van der Waals surface area contributed by atoms with E-state index in [0.717, 1.165) is 30.9 Å². The molecule has 2 heterocycles. The molecule has 0 amide bonds. The molecule has 0 radical (unpaired) electrons. The van der Waals surface area contributed by atoms with Gasteiger partial charge in [0.05, 0.1) is 6.54 Å². The molecule has 138 valence electrons. The van der Waals surface area contributed by atoms with Crippen molar-refractivity contribution in [2.75, 3.05) is 20.1 Å². The molecule has 2 fully saturated rings. The molecule has 1 saturated carbocycles. The van der Waals surface area contributed by atoms with Gasteiger partial charge in [-0.3, -0.25) is 9.67 Å². The van der Waals surface area contributed by atoms with Crippen molar-refractivity contribution in [1.29, 1.82) is 0 Å². The van der Waals surface area contributed by atoms with Gasteiger partial charge in [0.25, 0.3) is 0 Å². The summed E-state index contributed by atoms with van der Waals surface area (Å²) in [6, 6.07) is 10.7. The lowest BCUT2D eigenvalue weighted by Gasteiger charge is -2.22. The number of aliphatic imine (C=N–C) groups is 1. The summed E-state index contributed by atoms with van der Waals surface area (Å²) in [5.41, 5.74) is 2.56. The molecule has 2 atom stereocenters. The summed E-state index contributed by atoms with van der Waals surface area (Å²) >= 11 is 0. The molecule has 1 N–H and O–H groups in total. The Hall–Kier alpha value is -2.30. The number of hydrogen-bond donors (Lipinski definition) is 1. The van der Waals surface area contributed by atoms with Gasteiger partial charge in [0.15, 0.2) is 5.96 Å². The van der Waals surface area contributed by atoms with Gasteiger partial charge >= 0.3 is 0 Å². The zero-order valence-corrected chi connectivity index (χ0v) is 15.6. The zero-order chi connectivity index (χ0) is 17.8. The molecule has 5 nitrogen and oxygen atoms in total. The van der Waals surface area contributed by atoms with Crippen LogP contribution >= 0.6 is 0 Å². The number of nitrogens with zero attached hydrogens (tertiary/aromatic N) is 4. The van der Waals surface area contributed by atoms with Crippen molar-refractivity contribution < 1.29 is 0 Å². The molecule has 0 spiro atoms. The Morgan fingerprint density at radius 1 is 1.15 bits per heavy atom. The molecule has 1 aromatic carbocycles. The van der Waals surface area contributed by atoms with Crippen molar-refractivity contribution in [2.45, 2.75) is 38.8 Å². The first-order chi connectivity index (χ1) is 12.8. The van der Waals surface area contributed by atoms with Gasteiger partial charge in [0.1, 0.15) is 0 Å². The second-order valence-corrected chi connectivity index (χ2v) is 7.63. The van der Waals surface area contributed by atoms with Crippen LogP contribution in [0.15, 0.2) is 47.7 Å². The average Bonchev–Trinajstić information content (AvgIpc) is 3.32. The minimum atomic E-state index is 0.811. The Kier molecular flexibility index (Phi) is 5.23. The molecule has 2 aliphatic rings. The van der Waals surface area contributed by atoms with E-state index in [1.807, 2.05) is 30.2 Å². The minimum absolute atomic E-state index is 0.811. The number of guanidine groups is 1. The highest BCUT2D eigenvalue weighted by atomic mass is 15.3. The van der Waals surface area contributed by atoms with Crippen molar-refractivity contribution in [3.8, 4) is 0 Å². The topological polar surface area (TPSA) is 45.5 Å². The van der Waals surface area contributed by atoms with Crippen LogP contribution < -0.4 is 5.32 Å². The van der Waals surface area contributed by atoms with Gasteiger partial charge in [0, 0.05) is 39.1 Å². The predicted octanol–water partition coefficient (Wildman–Crippen LogP) is 3.13. The fourth-order valence-electron chi connectivity index (χ4n) is 4.51. The van der Waals surface area contributed by atoms with Gasteiger partial charge in [-0.15, -0.1) is 0 Å². The molecule has 0 bridgehead atoms. The van der Waals surface area contributed by atoms with E-state index in [-0.39, 0.29) is 0 Å². The van der Waals surface area contributed by atoms with E-state index in [0.29, 0.717) is 0 Å². The first kappa shape index (κ1) is 17.1. The van der Waals surface area contributed by atoms with Crippen LogP contribution in [0.3, 0.4) is 0 Å².